The van der Waals surface area contributed by atoms with Gasteiger partial charge in [-0.3, -0.25) is 4.79 Å². The summed E-state index contributed by atoms with van der Waals surface area (Å²) in [7, 11) is 0. The van der Waals surface area contributed by atoms with Crippen molar-refractivity contribution in [3.05, 3.63) is 64.7 Å². The lowest BCUT2D eigenvalue weighted by atomic mass is 9.99. The second-order valence-electron chi connectivity index (χ2n) is 5.51. The Bertz CT molecular complexity index is 682. The van der Waals surface area contributed by atoms with Gasteiger partial charge < -0.3 is 4.74 Å². The van der Waals surface area contributed by atoms with Gasteiger partial charge in [-0.05, 0) is 47.7 Å². The molecule has 1 N–H and O–H groups in total. The third-order valence-corrected chi connectivity index (χ3v) is 3.96. The molecule has 0 aliphatic carbocycles. The summed E-state index contributed by atoms with van der Waals surface area (Å²) in [5.41, 5.74) is 4.54. The van der Waals surface area contributed by atoms with Crippen LogP contribution < -0.4 is 10.2 Å². The number of rotatable bonds is 7. The third kappa shape index (κ3) is 5.70. The molecule has 0 radical (unpaired) electrons. The monoisotopic (exact) mass is 344 g/mol. The van der Waals surface area contributed by atoms with Crippen LogP contribution in [-0.4, -0.2) is 18.7 Å². The Hall–Kier alpha value is -2.33. The lowest BCUT2D eigenvalue weighted by molar-refractivity contribution is -0.123. The van der Waals surface area contributed by atoms with E-state index in [1.165, 1.54) is 5.56 Å². The van der Waals surface area contributed by atoms with E-state index in [9.17, 15) is 4.79 Å². The second-order valence-corrected chi connectivity index (χ2v) is 5.95. The van der Waals surface area contributed by atoms with Gasteiger partial charge in [0.15, 0.2) is 6.61 Å². The molecule has 0 saturated carbocycles. The minimum absolute atomic E-state index is 0.0827. The predicted molar refractivity (Wildman–Crippen MR) is 97.8 cm³/mol. The molecular weight excluding hydrogens is 324 g/mol. The van der Waals surface area contributed by atoms with E-state index in [0.717, 1.165) is 12.0 Å². The summed E-state index contributed by atoms with van der Waals surface area (Å²) < 4.78 is 5.45. The van der Waals surface area contributed by atoms with E-state index in [1.807, 2.05) is 36.4 Å². The first kappa shape index (κ1) is 18.0. The maximum absolute atomic E-state index is 11.7. The molecule has 1 amide bonds. The van der Waals surface area contributed by atoms with Crippen LogP contribution in [0.4, 0.5) is 0 Å². The molecule has 0 heterocycles. The summed E-state index contributed by atoms with van der Waals surface area (Å²) in [5.74, 6) is 0.870. The highest BCUT2D eigenvalue weighted by Gasteiger charge is 2.04. The van der Waals surface area contributed by atoms with Crippen molar-refractivity contribution < 1.29 is 9.53 Å². The van der Waals surface area contributed by atoms with Crippen molar-refractivity contribution in [1.82, 2.24) is 5.43 Å². The summed E-state index contributed by atoms with van der Waals surface area (Å²) >= 11 is 5.80. The van der Waals surface area contributed by atoms with Gasteiger partial charge in [-0.1, -0.05) is 49.7 Å². The lowest BCUT2D eigenvalue weighted by Gasteiger charge is -2.10. The van der Waals surface area contributed by atoms with E-state index in [4.69, 9.17) is 16.3 Å². The number of carbonyl (C=O) groups excluding carboxylic acids is 1. The molecule has 0 fully saturated rings. The number of hydrazone groups is 1. The molecule has 24 heavy (non-hydrogen) atoms. The number of nitrogens with one attached hydrogen (secondary N) is 1. The Morgan fingerprint density at radius 3 is 2.50 bits per heavy atom. The molecule has 2 rings (SSSR count). The summed E-state index contributed by atoms with van der Waals surface area (Å²) in [4.78, 5) is 11.7. The van der Waals surface area contributed by atoms with Crippen molar-refractivity contribution in [3.63, 3.8) is 0 Å². The average molecular weight is 345 g/mol. The standard InChI is InChI=1S/C19H21ClN2O2/c1-3-14(2)16-6-10-18(11-7-16)24-13-19(23)22-21-12-15-4-8-17(20)9-5-15/h4-12,14H,3,13H2,1-2H3,(H,22,23)/b21-12+. The molecular formula is C19H21ClN2O2. The van der Waals surface area contributed by atoms with Gasteiger partial charge in [0.2, 0.25) is 0 Å². The zero-order valence-corrected chi connectivity index (χ0v) is 14.6. The maximum Gasteiger partial charge on any atom is 0.277 e. The normalized spacial score (nSPS) is 12.1. The van der Waals surface area contributed by atoms with E-state index in [0.29, 0.717) is 16.7 Å². The fourth-order valence-corrected chi connectivity index (χ4v) is 2.16. The van der Waals surface area contributed by atoms with E-state index in [-0.39, 0.29) is 12.5 Å². The lowest BCUT2D eigenvalue weighted by Crippen LogP contribution is -2.24. The largest absolute Gasteiger partial charge is 0.484 e. The number of nitrogens with zero attached hydrogens (tertiary/aromatic N) is 1. The van der Waals surface area contributed by atoms with Crippen LogP contribution in [0.15, 0.2) is 53.6 Å². The molecule has 0 bridgehead atoms. The second kappa shape index (κ2) is 9.08. The summed E-state index contributed by atoms with van der Waals surface area (Å²) in [6.07, 6.45) is 2.64. The molecule has 2 aromatic rings. The molecule has 0 aliphatic heterocycles. The molecule has 5 heteroatoms. The van der Waals surface area contributed by atoms with Crippen molar-refractivity contribution in [3.8, 4) is 5.75 Å². The number of amides is 1. The van der Waals surface area contributed by atoms with Crippen molar-refractivity contribution in [2.24, 2.45) is 5.10 Å². The van der Waals surface area contributed by atoms with Gasteiger partial charge in [-0.25, -0.2) is 5.43 Å². The molecule has 0 aliphatic rings. The molecule has 4 nitrogen and oxygen atoms in total. The quantitative estimate of drug-likeness (QED) is 0.598. The minimum atomic E-state index is -0.314. The first-order valence-corrected chi connectivity index (χ1v) is 8.26. The Morgan fingerprint density at radius 2 is 1.88 bits per heavy atom. The molecule has 0 saturated heterocycles. The number of hydrogen-bond donors (Lipinski definition) is 1. The highest BCUT2D eigenvalue weighted by atomic mass is 35.5. The van der Waals surface area contributed by atoms with Crippen LogP contribution in [0.3, 0.4) is 0 Å². The van der Waals surface area contributed by atoms with Gasteiger partial charge in [0.25, 0.3) is 5.91 Å². The first-order valence-electron chi connectivity index (χ1n) is 7.88. The first-order chi connectivity index (χ1) is 11.6. The highest BCUT2D eigenvalue weighted by Crippen LogP contribution is 2.21. The summed E-state index contributed by atoms with van der Waals surface area (Å²) in [6, 6.07) is 15.0. The Morgan fingerprint density at radius 1 is 1.21 bits per heavy atom. The fraction of sp³-hybridized carbons (Fsp3) is 0.263. The highest BCUT2D eigenvalue weighted by molar-refractivity contribution is 6.30. The molecule has 0 aromatic heterocycles. The summed E-state index contributed by atoms with van der Waals surface area (Å²) in [6.45, 7) is 4.26. The zero-order chi connectivity index (χ0) is 17.4. The van der Waals surface area contributed by atoms with Crippen LogP contribution in [0, 0.1) is 0 Å². The number of halogens is 1. The Balaban J connectivity index is 1.77. The summed E-state index contributed by atoms with van der Waals surface area (Å²) in [5, 5.41) is 4.54. The number of ether oxygens (including phenoxy) is 1. The Labute approximate surface area is 147 Å². The predicted octanol–water partition coefficient (Wildman–Crippen LogP) is 4.38. The van der Waals surface area contributed by atoms with Crippen LogP contribution >= 0.6 is 11.6 Å². The van der Waals surface area contributed by atoms with E-state index in [2.05, 4.69) is 24.4 Å². The van der Waals surface area contributed by atoms with E-state index >= 15 is 0 Å². The van der Waals surface area contributed by atoms with Crippen LogP contribution in [0.1, 0.15) is 37.3 Å². The number of hydrogen-bond acceptors (Lipinski definition) is 3. The fourth-order valence-electron chi connectivity index (χ4n) is 2.04. The smallest absolute Gasteiger partial charge is 0.277 e. The molecule has 2 aromatic carbocycles. The molecule has 126 valence electrons. The van der Waals surface area contributed by atoms with Crippen LogP contribution in [0.5, 0.6) is 5.75 Å². The Kier molecular flexibility index (Phi) is 6.82. The zero-order valence-electron chi connectivity index (χ0n) is 13.8. The van der Waals surface area contributed by atoms with Crippen molar-refractivity contribution in [1.29, 1.82) is 0 Å². The molecule has 1 atom stereocenters. The maximum atomic E-state index is 11.7. The van der Waals surface area contributed by atoms with Crippen molar-refractivity contribution >= 4 is 23.7 Å². The van der Waals surface area contributed by atoms with Gasteiger partial charge in [0.05, 0.1) is 6.21 Å². The van der Waals surface area contributed by atoms with E-state index < -0.39 is 0 Å². The topological polar surface area (TPSA) is 50.7 Å². The van der Waals surface area contributed by atoms with Gasteiger partial charge in [0, 0.05) is 5.02 Å². The molecule has 0 spiro atoms. The molecule has 1 unspecified atom stereocenters. The van der Waals surface area contributed by atoms with Gasteiger partial charge in [-0.15, -0.1) is 0 Å². The van der Waals surface area contributed by atoms with Crippen LogP contribution in [0.2, 0.25) is 5.02 Å². The van der Waals surface area contributed by atoms with Gasteiger partial charge in [-0.2, -0.15) is 5.10 Å². The SMILES string of the molecule is CCC(C)c1ccc(OCC(=O)N/N=C/c2ccc(Cl)cc2)cc1. The van der Waals surface area contributed by atoms with Gasteiger partial charge >= 0.3 is 0 Å². The average Bonchev–Trinajstić information content (AvgIpc) is 2.61. The van der Waals surface area contributed by atoms with Crippen LogP contribution in [-0.2, 0) is 4.79 Å². The van der Waals surface area contributed by atoms with Crippen molar-refractivity contribution in [2.45, 2.75) is 26.2 Å². The van der Waals surface area contributed by atoms with Crippen LogP contribution in [0.25, 0.3) is 0 Å². The van der Waals surface area contributed by atoms with Gasteiger partial charge in [0.1, 0.15) is 5.75 Å². The number of benzene rings is 2. The van der Waals surface area contributed by atoms with E-state index in [1.54, 1.807) is 18.3 Å². The third-order valence-electron chi connectivity index (χ3n) is 3.70. The number of carbonyl (C=O) groups is 1. The minimum Gasteiger partial charge on any atom is -0.484 e. The van der Waals surface area contributed by atoms with Crippen molar-refractivity contribution in [2.75, 3.05) is 6.61 Å².